The van der Waals surface area contributed by atoms with Crippen molar-refractivity contribution in [2.45, 2.75) is 26.2 Å². The van der Waals surface area contributed by atoms with Gasteiger partial charge in [-0.25, -0.2) is 0 Å². The Hall–Kier alpha value is -0.550. The molecule has 0 aliphatic heterocycles. The molecule has 12 nitrogen and oxygen atoms in total. The molecule has 0 bridgehead atoms. The summed E-state index contributed by atoms with van der Waals surface area (Å²) in [5.41, 5.74) is 0. The molecule has 0 aliphatic rings. The smallest absolute Gasteiger partial charge is 0.111 e. The van der Waals surface area contributed by atoms with Gasteiger partial charge in [-0.05, 0) is 18.8 Å². The van der Waals surface area contributed by atoms with Crippen LogP contribution in [-0.2, 0) is 56.8 Å². The minimum absolute atomic E-state index is 0.510. The molecule has 0 amide bonds. The Morgan fingerprint density at radius 1 is 0.444 bits per heavy atom. The molecule has 0 aromatic carbocycles. The largest absolute Gasteiger partial charge is 0.499 e. The van der Waals surface area contributed by atoms with E-state index in [1.54, 1.807) is 7.11 Å². The van der Waals surface area contributed by atoms with Crippen molar-refractivity contribution >= 4 is 11.8 Å². The second-order valence-electron chi connectivity index (χ2n) is 9.62. The highest BCUT2D eigenvalue weighted by Crippen LogP contribution is 2.13. The Balaban J connectivity index is 3.13. The normalized spacial score (nSPS) is 12.1. The van der Waals surface area contributed by atoms with Gasteiger partial charge in [0.2, 0.25) is 0 Å². The lowest BCUT2D eigenvalue weighted by molar-refractivity contribution is -0.0112. The Kier molecular flexibility index (Phi) is 41.0. The number of hydrogen-bond donors (Lipinski definition) is 0. The zero-order valence-electron chi connectivity index (χ0n) is 28.3. The molecular formula is C32H64O12S. The lowest BCUT2D eigenvalue weighted by atomic mass is 9.99. The van der Waals surface area contributed by atoms with E-state index in [0.717, 1.165) is 44.0 Å². The molecule has 0 saturated carbocycles. The predicted octanol–water partition coefficient (Wildman–Crippen LogP) is 3.50. The highest BCUT2D eigenvalue weighted by Gasteiger charge is 2.06. The van der Waals surface area contributed by atoms with E-state index in [4.69, 9.17) is 56.8 Å². The maximum atomic E-state index is 5.70. The highest BCUT2D eigenvalue weighted by molar-refractivity contribution is 7.99. The second kappa shape index (κ2) is 41.5. The predicted molar refractivity (Wildman–Crippen MR) is 177 cm³/mol. The van der Waals surface area contributed by atoms with Gasteiger partial charge >= 0.3 is 0 Å². The molecule has 0 aromatic rings. The average molecular weight is 673 g/mol. The summed E-state index contributed by atoms with van der Waals surface area (Å²) >= 11 is 1.81. The molecule has 270 valence electrons. The Morgan fingerprint density at radius 2 is 0.756 bits per heavy atom. The molecule has 0 aromatic heterocycles. The Labute approximate surface area is 277 Å². The molecule has 0 spiro atoms. The summed E-state index contributed by atoms with van der Waals surface area (Å²) in [6.45, 7) is 18.8. The first-order valence-electron chi connectivity index (χ1n) is 16.4. The Morgan fingerprint density at radius 3 is 1.09 bits per heavy atom. The fourth-order valence-electron chi connectivity index (χ4n) is 3.57. The van der Waals surface area contributed by atoms with Crippen LogP contribution in [0.5, 0.6) is 0 Å². The number of ether oxygens (including phenoxy) is 12. The summed E-state index contributed by atoms with van der Waals surface area (Å²) in [7, 11) is 1.69. The zero-order chi connectivity index (χ0) is 32.6. The van der Waals surface area contributed by atoms with Gasteiger partial charge in [0.1, 0.15) is 6.61 Å². The van der Waals surface area contributed by atoms with Crippen LogP contribution in [0.1, 0.15) is 26.2 Å². The second-order valence-corrected chi connectivity index (χ2v) is 10.8. The molecule has 0 aliphatic carbocycles. The first kappa shape index (κ1) is 44.5. The molecule has 0 fully saturated rings. The van der Waals surface area contributed by atoms with Crippen LogP contribution in [-0.4, -0.2) is 164 Å². The van der Waals surface area contributed by atoms with Crippen LogP contribution >= 0.6 is 11.8 Å². The number of thioether (sulfide) groups is 1. The van der Waals surface area contributed by atoms with E-state index in [-0.39, 0.29) is 0 Å². The molecule has 45 heavy (non-hydrogen) atoms. The van der Waals surface area contributed by atoms with Gasteiger partial charge in [0.05, 0.1) is 132 Å². The van der Waals surface area contributed by atoms with Crippen LogP contribution in [0.4, 0.5) is 0 Å². The average Bonchev–Trinajstić information content (AvgIpc) is 3.05. The van der Waals surface area contributed by atoms with Crippen LogP contribution in [0.2, 0.25) is 0 Å². The van der Waals surface area contributed by atoms with Gasteiger partial charge in [0, 0.05) is 31.8 Å². The molecule has 0 radical (unpaired) electrons. The van der Waals surface area contributed by atoms with Gasteiger partial charge < -0.3 is 56.8 Å². The number of rotatable bonds is 41. The van der Waals surface area contributed by atoms with Crippen LogP contribution < -0.4 is 0 Å². The molecule has 13 heteroatoms. The first-order valence-corrected chi connectivity index (χ1v) is 17.6. The third-order valence-electron chi connectivity index (χ3n) is 6.16. The molecule has 0 heterocycles. The zero-order valence-corrected chi connectivity index (χ0v) is 29.1. The summed E-state index contributed by atoms with van der Waals surface area (Å²) in [5, 5.41) is 0. The fraction of sp³-hybridized carbons (Fsp3) is 0.938. The molecule has 1 unspecified atom stereocenters. The molecule has 1 atom stereocenters. The van der Waals surface area contributed by atoms with E-state index in [1.807, 2.05) is 11.8 Å². The highest BCUT2D eigenvalue weighted by atomic mass is 32.2. The van der Waals surface area contributed by atoms with Gasteiger partial charge in [0.25, 0.3) is 0 Å². The molecule has 0 rings (SSSR count). The van der Waals surface area contributed by atoms with E-state index in [2.05, 4.69) is 13.5 Å². The minimum Gasteiger partial charge on any atom is -0.499 e. The van der Waals surface area contributed by atoms with Crippen LogP contribution in [0.15, 0.2) is 12.8 Å². The van der Waals surface area contributed by atoms with Gasteiger partial charge in [-0.1, -0.05) is 19.9 Å². The molecule has 0 saturated heterocycles. The van der Waals surface area contributed by atoms with Gasteiger partial charge in [-0.3, -0.25) is 0 Å². The molecule has 0 N–H and O–H groups in total. The van der Waals surface area contributed by atoms with Crippen molar-refractivity contribution < 1.29 is 56.8 Å². The van der Waals surface area contributed by atoms with Gasteiger partial charge in [-0.15, -0.1) is 0 Å². The van der Waals surface area contributed by atoms with E-state index in [1.165, 1.54) is 6.26 Å². The van der Waals surface area contributed by atoms with Crippen LogP contribution in [0, 0.1) is 5.92 Å². The van der Waals surface area contributed by atoms with E-state index in [0.29, 0.717) is 138 Å². The molecular weight excluding hydrogens is 608 g/mol. The maximum absolute atomic E-state index is 5.70. The van der Waals surface area contributed by atoms with Gasteiger partial charge in [-0.2, -0.15) is 11.8 Å². The standard InChI is InChI=1S/C32H64O12S/c1-4-32(6-8-35-11-10-33-3)7-9-36-14-15-38-18-19-40-21-23-42-25-27-44-29-31-45-30-28-43-26-24-41-22-20-39-17-16-37-13-12-34-5-2/h5,32H,2,4,6-31H2,1,3H3. The minimum atomic E-state index is 0.510. The van der Waals surface area contributed by atoms with Crippen molar-refractivity contribution in [1.29, 1.82) is 0 Å². The maximum Gasteiger partial charge on any atom is 0.111 e. The SMILES string of the molecule is C=COCCOCCOCCOCCOCCSCCOCCOCCOCCOCCOCCC(CC)CCOCCOC. The van der Waals surface area contributed by atoms with E-state index >= 15 is 0 Å². The topological polar surface area (TPSA) is 111 Å². The quantitative estimate of drug-likeness (QED) is 0.0699. The van der Waals surface area contributed by atoms with Crippen LogP contribution in [0.25, 0.3) is 0 Å². The van der Waals surface area contributed by atoms with Gasteiger partial charge in [0.15, 0.2) is 0 Å². The van der Waals surface area contributed by atoms with Crippen molar-refractivity contribution in [3.8, 4) is 0 Å². The third kappa shape index (κ3) is 39.5. The lowest BCUT2D eigenvalue weighted by Crippen LogP contribution is -2.14. The lowest BCUT2D eigenvalue weighted by Gasteiger charge is -2.15. The van der Waals surface area contributed by atoms with E-state index < -0.39 is 0 Å². The van der Waals surface area contributed by atoms with Crippen LogP contribution in [0.3, 0.4) is 0 Å². The fourth-order valence-corrected chi connectivity index (χ4v) is 4.24. The van der Waals surface area contributed by atoms with E-state index in [9.17, 15) is 0 Å². The van der Waals surface area contributed by atoms with Crippen molar-refractivity contribution in [3.63, 3.8) is 0 Å². The van der Waals surface area contributed by atoms with Crippen molar-refractivity contribution in [1.82, 2.24) is 0 Å². The van der Waals surface area contributed by atoms with Crippen molar-refractivity contribution in [2.24, 2.45) is 5.92 Å². The summed E-state index contributed by atoms with van der Waals surface area (Å²) in [4.78, 5) is 0. The van der Waals surface area contributed by atoms with Crippen molar-refractivity contribution in [3.05, 3.63) is 12.8 Å². The summed E-state index contributed by atoms with van der Waals surface area (Å²) in [6, 6.07) is 0. The monoisotopic (exact) mass is 672 g/mol. The first-order chi connectivity index (χ1) is 22.3. The summed E-state index contributed by atoms with van der Waals surface area (Å²) in [6.07, 6.45) is 4.66. The number of methoxy groups -OCH3 is 1. The third-order valence-corrected chi connectivity index (χ3v) is 7.07. The summed E-state index contributed by atoms with van der Waals surface area (Å²) in [5.74, 6) is 2.49. The van der Waals surface area contributed by atoms with Crippen molar-refractivity contribution in [2.75, 3.05) is 164 Å². The number of hydrogen-bond acceptors (Lipinski definition) is 13. The Bertz CT molecular complexity index is 550. The summed E-state index contributed by atoms with van der Waals surface area (Å²) < 4.78 is 65.2.